The molecule has 0 spiro atoms. The highest BCUT2D eigenvalue weighted by molar-refractivity contribution is 5.94. The summed E-state index contributed by atoms with van der Waals surface area (Å²) in [6, 6.07) is 10.3. The van der Waals surface area contributed by atoms with E-state index in [0.29, 0.717) is 30.5 Å². The molecular weight excluding hydrogens is 300 g/mol. The van der Waals surface area contributed by atoms with Crippen molar-refractivity contribution in [3.8, 4) is 0 Å². The quantitative estimate of drug-likeness (QED) is 0.935. The number of hydrogen-bond donors (Lipinski definition) is 1. The summed E-state index contributed by atoms with van der Waals surface area (Å²) in [4.78, 5) is 14.4. The Morgan fingerprint density at radius 2 is 2.05 bits per heavy atom. The van der Waals surface area contributed by atoms with Crippen molar-refractivity contribution in [2.75, 3.05) is 19.6 Å². The molecule has 6 heteroatoms. The molecule has 2 atom stereocenters. The predicted octanol–water partition coefficient (Wildman–Crippen LogP) is 1.66. The van der Waals surface area contributed by atoms with E-state index >= 15 is 0 Å². The molecule has 3 rings (SSSR count). The van der Waals surface area contributed by atoms with Crippen LogP contribution in [0.4, 0.5) is 0 Å². The number of hydrogen-bond acceptors (Lipinski definition) is 3. The molecular formula is C16H21ClN4O. The highest BCUT2D eigenvalue weighted by atomic mass is 35.5. The zero-order valence-corrected chi connectivity index (χ0v) is 13.4. The van der Waals surface area contributed by atoms with E-state index in [9.17, 15) is 4.79 Å². The second-order valence-corrected chi connectivity index (χ2v) is 5.63. The summed E-state index contributed by atoms with van der Waals surface area (Å²) in [6.07, 6.45) is 3.38. The van der Waals surface area contributed by atoms with Gasteiger partial charge in [0.1, 0.15) is 0 Å². The van der Waals surface area contributed by atoms with Gasteiger partial charge in [0.15, 0.2) is 0 Å². The lowest BCUT2D eigenvalue weighted by Crippen LogP contribution is -2.29. The third-order valence-electron chi connectivity index (χ3n) is 4.21. The van der Waals surface area contributed by atoms with E-state index in [0.717, 1.165) is 6.54 Å². The molecule has 1 aliphatic heterocycles. The lowest BCUT2D eigenvalue weighted by atomic mass is 9.89. The molecule has 1 saturated heterocycles. The van der Waals surface area contributed by atoms with Crippen molar-refractivity contribution in [1.29, 1.82) is 0 Å². The normalized spacial score (nSPS) is 20.7. The molecule has 2 aromatic rings. The molecule has 2 N–H and O–H groups in total. The van der Waals surface area contributed by atoms with E-state index in [4.69, 9.17) is 5.73 Å². The monoisotopic (exact) mass is 320 g/mol. The number of benzene rings is 1. The Balaban J connectivity index is 0.00000176. The molecule has 2 heterocycles. The molecule has 5 nitrogen and oxygen atoms in total. The molecule has 0 bridgehead atoms. The average Bonchev–Trinajstić information content (AvgIpc) is 3.13. The van der Waals surface area contributed by atoms with Crippen LogP contribution in [0.25, 0.3) is 0 Å². The largest absolute Gasteiger partial charge is 0.338 e. The number of carbonyl (C=O) groups is 1. The topological polar surface area (TPSA) is 64.2 Å². The smallest absolute Gasteiger partial charge is 0.257 e. The minimum absolute atomic E-state index is 0. The second kappa shape index (κ2) is 6.94. The summed E-state index contributed by atoms with van der Waals surface area (Å²) < 4.78 is 1.65. The number of amides is 1. The Morgan fingerprint density at radius 3 is 2.64 bits per heavy atom. The number of aryl methyl sites for hydroxylation is 1. The number of rotatable bonds is 3. The summed E-state index contributed by atoms with van der Waals surface area (Å²) in [5.41, 5.74) is 7.81. The summed E-state index contributed by atoms with van der Waals surface area (Å²) in [7, 11) is 1.82. The van der Waals surface area contributed by atoms with Crippen molar-refractivity contribution < 1.29 is 4.79 Å². The van der Waals surface area contributed by atoms with E-state index in [2.05, 4.69) is 17.2 Å². The van der Waals surface area contributed by atoms with Crippen LogP contribution in [0.3, 0.4) is 0 Å². The second-order valence-electron chi connectivity index (χ2n) is 5.63. The SMILES string of the molecule is Cl.Cn1cc(C(=O)N2C[C@@H](CN)[C@H](c3ccccc3)C2)cn1. The molecule has 22 heavy (non-hydrogen) atoms. The van der Waals surface area contributed by atoms with Crippen molar-refractivity contribution in [3.63, 3.8) is 0 Å². The van der Waals surface area contributed by atoms with Gasteiger partial charge in [0.2, 0.25) is 0 Å². The fourth-order valence-electron chi connectivity index (χ4n) is 3.07. The third-order valence-corrected chi connectivity index (χ3v) is 4.21. The average molecular weight is 321 g/mol. The molecule has 0 radical (unpaired) electrons. The van der Waals surface area contributed by atoms with E-state index in [1.54, 1.807) is 17.1 Å². The molecule has 0 saturated carbocycles. The Bertz CT molecular complexity index is 628. The molecule has 0 unspecified atom stereocenters. The molecule has 118 valence electrons. The lowest BCUT2D eigenvalue weighted by Gasteiger charge is -2.16. The van der Waals surface area contributed by atoms with Gasteiger partial charge in [-0.3, -0.25) is 9.48 Å². The number of aromatic nitrogens is 2. The van der Waals surface area contributed by atoms with Crippen LogP contribution in [0, 0.1) is 5.92 Å². The lowest BCUT2D eigenvalue weighted by molar-refractivity contribution is 0.0786. The van der Waals surface area contributed by atoms with Crippen molar-refractivity contribution in [2.45, 2.75) is 5.92 Å². The van der Waals surface area contributed by atoms with Gasteiger partial charge in [0.25, 0.3) is 5.91 Å². The Hall–Kier alpha value is -1.85. The van der Waals surface area contributed by atoms with Crippen LogP contribution in [-0.4, -0.2) is 40.2 Å². The van der Waals surface area contributed by atoms with Gasteiger partial charge in [0, 0.05) is 32.3 Å². The van der Waals surface area contributed by atoms with Gasteiger partial charge in [-0.05, 0) is 18.0 Å². The molecule has 1 fully saturated rings. The number of halogens is 1. The minimum Gasteiger partial charge on any atom is -0.338 e. The maximum atomic E-state index is 12.5. The van der Waals surface area contributed by atoms with Crippen LogP contribution in [0.15, 0.2) is 42.7 Å². The first-order valence-corrected chi connectivity index (χ1v) is 7.22. The van der Waals surface area contributed by atoms with Crippen LogP contribution in [0.2, 0.25) is 0 Å². The van der Waals surface area contributed by atoms with E-state index < -0.39 is 0 Å². The highest BCUT2D eigenvalue weighted by Crippen LogP contribution is 2.32. The zero-order chi connectivity index (χ0) is 14.8. The van der Waals surface area contributed by atoms with Crippen molar-refractivity contribution >= 4 is 18.3 Å². The third kappa shape index (κ3) is 3.15. The van der Waals surface area contributed by atoms with Gasteiger partial charge >= 0.3 is 0 Å². The Kier molecular flexibility index (Phi) is 5.21. The van der Waals surface area contributed by atoms with Crippen LogP contribution < -0.4 is 5.73 Å². The summed E-state index contributed by atoms with van der Waals surface area (Å²) >= 11 is 0. The van der Waals surface area contributed by atoms with Crippen LogP contribution >= 0.6 is 12.4 Å². The Morgan fingerprint density at radius 1 is 1.32 bits per heavy atom. The van der Waals surface area contributed by atoms with Crippen LogP contribution in [0.1, 0.15) is 21.8 Å². The van der Waals surface area contributed by atoms with Gasteiger partial charge in [-0.15, -0.1) is 12.4 Å². The minimum atomic E-state index is 0. The van der Waals surface area contributed by atoms with Crippen LogP contribution in [0.5, 0.6) is 0 Å². The van der Waals surface area contributed by atoms with Crippen LogP contribution in [-0.2, 0) is 7.05 Å². The number of carbonyl (C=O) groups excluding carboxylic acids is 1. The summed E-state index contributed by atoms with van der Waals surface area (Å²) in [6.45, 7) is 2.03. The van der Waals surface area contributed by atoms with Crippen molar-refractivity contribution in [1.82, 2.24) is 14.7 Å². The summed E-state index contributed by atoms with van der Waals surface area (Å²) in [5, 5.41) is 4.07. The number of likely N-dealkylation sites (tertiary alicyclic amines) is 1. The predicted molar refractivity (Wildman–Crippen MR) is 88.1 cm³/mol. The first-order chi connectivity index (χ1) is 10.2. The van der Waals surface area contributed by atoms with Gasteiger partial charge in [-0.2, -0.15) is 5.10 Å². The molecule has 0 aliphatic carbocycles. The van der Waals surface area contributed by atoms with Gasteiger partial charge in [0.05, 0.1) is 11.8 Å². The Labute approximate surface area is 136 Å². The van der Waals surface area contributed by atoms with E-state index in [-0.39, 0.29) is 18.3 Å². The number of nitrogens with zero attached hydrogens (tertiary/aromatic N) is 3. The molecule has 1 aliphatic rings. The van der Waals surface area contributed by atoms with Crippen molar-refractivity contribution in [2.24, 2.45) is 18.7 Å². The van der Waals surface area contributed by atoms with Gasteiger partial charge in [-0.25, -0.2) is 0 Å². The van der Waals surface area contributed by atoms with E-state index in [1.165, 1.54) is 5.56 Å². The van der Waals surface area contributed by atoms with E-state index in [1.807, 2.05) is 30.1 Å². The maximum Gasteiger partial charge on any atom is 0.257 e. The first-order valence-electron chi connectivity index (χ1n) is 7.22. The standard InChI is InChI=1S/C16H20N4O.ClH/c1-19-9-14(8-18-19)16(21)20-10-13(7-17)15(11-20)12-5-3-2-4-6-12;/h2-6,8-9,13,15H,7,10-11,17H2,1H3;1H/t13-,15+;/m1./s1. The molecule has 1 aromatic heterocycles. The van der Waals surface area contributed by atoms with Crippen molar-refractivity contribution in [3.05, 3.63) is 53.9 Å². The summed E-state index contributed by atoms with van der Waals surface area (Å²) in [5.74, 6) is 0.671. The fraction of sp³-hybridized carbons (Fsp3) is 0.375. The fourth-order valence-corrected chi connectivity index (χ4v) is 3.07. The maximum absolute atomic E-state index is 12.5. The van der Waals surface area contributed by atoms with Gasteiger partial charge < -0.3 is 10.6 Å². The number of nitrogens with two attached hydrogens (primary N) is 1. The molecule has 1 aromatic carbocycles. The molecule has 1 amide bonds. The highest BCUT2D eigenvalue weighted by Gasteiger charge is 2.35. The first kappa shape index (κ1) is 16.5. The van der Waals surface area contributed by atoms with Gasteiger partial charge in [-0.1, -0.05) is 30.3 Å². The zero-order valence-electron chi connectivity index (χ0n) is 12.6.